The van der Waals surface area contributed by atoms with Crippen LogP contribution >= 0.6 is 0 Å². The van der Waals surface area contributed by atoms with Crippen molar-refractivity contribution in [2.45, 2.75) is 23.3 Å². The Labute approximate surface area is 177 Å². The van der Waals surface area contributed by atoms with Gasteiger partial charge in [-0.15, -0.1) is 0 Å². The summed E-state index contributed by atoms with van der Waals surface area (Å²) in [6, 6.07) is 15.1. The summed E-state index contributed by atoms with van der Waals surface area (Å²) in [4.78, 5) is 12.8. The minimum absolute atomic E-state index is 0.0402. The second kappa shape index (κ2) is 9.26. The fourth-order valence-electron chi connectivity index (χ4n) is 3.69. The molecular formula is C22H28N2O5S. The number of carbonyl (C=O) groups excluding carboxylic acids is 1. The molecule has 1 heterocycles. The van der Waals surface area contributed by atoms with Gasteiger partial charge in [0.1, 0.15) is 5.60 Å². The van der Waals surface area contributed by atoms with Crippen LogP contribution in [0.2, 0.25) is 0 Å². The van der Waals surface area contributed by atoms with Crippen molar-refractivity contribution in [3.8, 4) is 0 Å². The van der Waals surface area contributed by atoms with E-state index in [1.54, 1.807) is 0 Å². The Morgan fingerprint density at radius 2 is 1.70 bits per heavy atom. The minimum atomic E-state index is -3.56. The first-order valence-corrected chi connectivity index (χ1v) is 11.4. The fourth-order valence-corrected chi connectivity index (χ4v) is 4.59. The summed E-state index contributed by atoms with van der Waals surface area (Å²) >= 11 is 0. The second-order valence-electron chi connectivity index (χ2n) is 7.67. The second-order valence-corrected chi connectivity index (χ2v) is 9.82. The lowest BCUT2D eigenvalue weighted by atomic mass is 9.77. The van der Waals surface area contributed by atoms with Crippen molar-refractivity contribution in [3.63, 3.8) is 0 Å². The van der Waals surface area contributed by atoms with Crippen LogP contribution in [0.15, 0.2) is 59.5 Å². The third kappa shape index (κ3) is 4.73. The zero-order valence-corrected chi connectivity index (χ0v) is 18.1. The van der Waals surface area contributed by atoms with Crippen molar-refractivity contribution >= 4 is 15.9 Å². The topological polar surface area (TPSA) is 95.9 Å². The van der Waals surface area contributed by atoms with Crippen molar-refractivity contribution in [1.82, 2.24) is 9.62 Å². The first-order chi connectivity index (χ1) is 14.2. The normalized spacial score (nSPS) is 17.5. The van der Waals surface area contributed by atoms with E-state index in [0.29, 0.717) is 31.6 Å². The number of amides is 1. The Kier molecular flexibility index (Phi) is 6.92. The predicted octanol–water partition coefficient (Wildman–Crippen LogP) is 1.98. The van der Waals surface area contributed by atoms with Crippen LogP contribution in [0.3, 0.4) is 0 Å². The van der Waals surface area contributed by atoms with Gasteiger partial charge < -0.3 is 15.2 Å². The number of hydrogen-bond donors (Lipinski definition) is 2. The van der Waals surface area contributed by atoms with Crippen LogP contribution in [0.1, 0.15) is 28.8 Å². The molecule has 1 aliphatic rings. The molecule has 2 aromatic carbocycles. The van der Waals surface area contributed by atoms with Crippen LogP contribution in [0.5, 0.6) is 0 Å². The van der Waals surface area contributed by atoms with E-state index >= 15 is 0 Å². The summed E-state index contributed by atoms with van der Waals surface area (Å²) in [5.41, 5.74) is -0.130. The lowest BCUT2D eigenvalue weighted by molar-refractivity contribution is -0.0680. The van der Waals surface area contributed by atoms with E-state index in [1.807, 2.05) is 30.3 Å². The van der Waals surface area contributed by atoms with Gasteiger partial charge in [-0.05, 0) is 48.6 Å². The van der Waals surface area contributed by atoms with Gasteiger partial charge in [0.05, 0.1) is 11.4 Å². The van der Waals surface area contributed by atoms with Gasteiger partial charge in [0.25, 0.3) is 5.91 Å². The quantitative estimate of drug-likeness (QED) is 0.698. The van der Waals surface area contributed by atoms with E-state index in [1.165, 1.54) is 38.4 Å². The number of hydrogen-bond acceptors (Lipinski definition) is 5. The molecule has 1 aliphatic heterocycles. The fraction of sp³-hybridized carbons (Fsp3) is 0.409. The molecule has 0 aliphatic carbocycles. The van der Waals surface area contributed by atoms with Crippen LogP contribution in [0.25, 0.3) is 0 Å². The molecule has 0 bridgehead atoms. The summed E-state index contributed by atoms with van der Waals surface area (Å²) < 4.78 is 30.9. The first-order valence-electron chi connectivity index (χ1n) is 9.91. The number of aliphatic hydroxyl groups is 1. The third-order valence-electron chi connectivity index (χ3n) is 5.58. The van der Waals surface area contributed by atoms with Crippen LogP contribution < -0.4 is 5.32 Å². The van der Waals surface area contributed by atoms with Crippen molar-refractivity contribution in [2.75, 3.05) is 33.9 Å². The Bertz CT molecular complexity index is 955. The molecule has 8 heteroatoms. The molecule has 0 radical (unpaired) electrons. The van der Waals surface area contributed by atoms with E-state index in [9.17, 15) is 18.3 Å². The molecule has 2 N–H and O–H groups in total. The Balaban J connectivity index is 1.76. The average molecular weight is 433 g/mol. The molecule has 1 saturated heterocycles. The zero-order chi connectivity index (χ0) is 21.8. The maximum atomic E-state index is 12.7. The van der Waals surface area contributed by atoms with E-state index < -0.39 is 15.6 Å². The number of benzene rings is 2. The summed E-state index contributed by atoms with van der Waals surface area (Å²) in [7, 11) is -0.646. The van der Waals surface area contributed by atoms with Crippen LogP contribution in [0, 0.1) is 5.92 Å². The molecule has 0 unspecified atom stereocenters. The van der Waals surface area contributed by atoms with Crippen molar-refractivity contribution in [2.24, 2.45) is 5.92 Å². The third-order valence-corrected chi connectivity index (χ3v) is 7.41. The number of ether oxygens (including phenoxy) is 1. The molecule has 2 aromatic rings. The summed E-state index contributed by atoms with van der Waals surface area (Å²) in [5, 5.41) is 14.4. The van der Waals surface area contributed by atoms with Gasteiger partial charge in [-0.25, -0.2) is 12.7 Å². The highest BCUT2D eigenvalue weighted by Crippen LogP contribution is 2.35. The largest absolute Gasteiger partial charge is 0.383 e. The molecule has 3 rings (SSSR count). The van der Waals surface area contributed by atoms with Crippen LogP contribution in [-0.4, -0.2) is 57.6 Å². The smallest absolute Gasteiger partial charge is 0.251 e. The van der Waals surface area contributed by atoms with Gasteiger partial charge in [0.2, 0.25) is 10.0 Å². The standard InChI is InChI=1S/C22H28N2O5S/c1-24(2)30(27,28)20-10-8-17(9-11-20)21(25)23-16-22(26,18-6-4-3-5-7-18)19-12-14-29-15-13-19/h3-11,19,26H,12-16H2,1-2H3,(H,23,25)/t22-/m1/s1. The van der Waals surface area contributed by atoms with Gasteiger partial charge in [-0.1, -0.05) is 30.3 Å². The maximum Gasteiger partial charge on any atom is 0.251 e. The molecule has 0 aromatic heterocycles. The Morgan fingerprint density at radius 1 is 1.10 bits per heavy atom. The molecule has 1 atom stereocenters. The maximum absolute atomic E-state index is 12.7. The number of sulfonamides is 1. The summed E-state index contributed by atoms with van der Waals surface area (Å²) in [6.45, 7) is 1.21. The molecule has 1 amide bonds. The van der Waals surface area contributed by atoms with Crippen molar-refractivity contribution in [3.05, 3.63) is 65.7 Å². The summed E-state index contributed by atoms with van der Waals surface area (Å²) in [5.74, 6) is -0.410. The SMILES string of the molecule is CN(C)S(=O)(=O)c1ccc(C(=O)NC[C@@](O)(c2ccccc2)C2CCOCC2)cc1. The highest BCUT2D eigenvalue weighted by Gasteiger charge is 2.39. The van der Waals surface area contributed by atoms with Gasteiger partial charge in [0, 0.05) is 32.9 Å². The Hall–Kier alpha value is -2.26. The molecule has 7 nitrogen and oxygen atoms in total. The van der Waals surface area contributed by atoms with Crippen molar-refractivity contribution < 1.29 is 23.1 Å². The van der Waals surface area contributed by atoms with Crippen LogP contribution in [0.4, 0.5) is 0 Å². The van der Waals surface area contributed by atoms with E-state index in [-0.39, 0.29) is 23.3 Å². The molecular weight excluding hydrogens is 404 g/mol. The predicted molar refractivity (Wildman–Crippen MR) is 114 cm³/mol. The molecule has 1 fully saturated rings. The van der Waals surface area contributed by atoms with Gasteiger partial charge in [0.15, 0.2) is 0 Å². The molecule has 30 heavy (non-hydrogen) atoms. The monoisotopic (exact) mass is 432 g/mol. The average Bonchev–Trinajstić information content (AvgIpc) is 2.78. The number of nitrogens with zero attached hydrogens (tertiary/aromatic N) is 1. The number of rotatable bonds is 7. The first kappa shape index (κ1) is 22.4. The van der Waals surface area contributed by atoms with Crippen LogP contribution in [-0.2, 0) is 20.4 Å². The highest BCUT2D eigenvalue weighted by atomic mass is 32.2. The van der Waals surface area contributed by atoms with E-state index in [4.69, 9.17) is 4.74 Å². The van der Waals surface area contributed by atoms with E-state index in [0.717, 1.165) is 9.87 Å². The molecule has 0 saturated carbocycles. The molecule has 0 spiro atoms. The van der Waals surface area contributed by atoms with Gasteiger partial charge in [-0.3, -0.25) is 4.79 Å². The van der Waals surface area contributed by atoms with Crippen molar-refractivity contribution in [1.29, 1.82) is 0 Å². The molecule has 162 valence electrons. The zero-order valence-electron chi connectivity index (χ0n) is 17.2. The lowest BCUT2D eigenvalue weighted by Gasteiger charge is -2.39. The number of nitrogens with one attached hydrogen (secondary N) is 1. The lowest BCUT2D eigenvalue weighted by Crippen LogP contribution is -2.47. The van der Waals surface area contributed by atoms with Gasteiger partial charge in [-0.2, -0.15) is 0 Å². The van der Waals surface area contributed by atoms with E-state index in [2.05, 4.69) is 5.32 Å². The number of carbonyl (C=O) groups is 1. The summed E-state index contributed by atoms with van der Waals surface area (Å²) in [6.07, 6.45) is 1.41. The highest BCUT2D eigenvalue weighted by molar-refractivity contribution is 7.89. The van der Waals surface area contributed by atoms with Gasteiger partial charge >= 0.3 is 0 Å². The Morgan fingerprint density at radius 3 is 2.27 bits per heavy atom. The minimum Gasteiger partial charge on any atom is -0.383 e.